The van der Waals surface area contributed by atoms with E-state index in [9.17, 15) is 8.78 Å². The van der Waals surface area contributed by atoms with Crippen molar-refractivity contribution < 1.29 is 8.78 Å². The van der Waals surface area contributed by atoms with Crippen LogP contribution in [0.3, 0.4) is 0 Å². The van der Waals surface area contributed by atoms with Gasteiger partial charge in [0.25, 0.3) is 0 Å². The number of rotatable bonds is 1. The fourth-order valence-electron chi connectivity index (χ4n) is 1.15. The summed E-state index contributed by atoms with van der Waals surface area (Å²) in [7, 11) is 0. The van der Waals surface area contributed by atoms with E-state index in [4.69, 9.17) is 0 Å². The Morgan fingerprint density at radius 1 is 1.29 bits per heavy atom. The number of benzene rings is 1. The Labute approximate surface area is 84.0 Å². The predicted molar refractivity (Wildman–Crippen MR) is 52.2 cm³/mol. The van der Waals surface area contributed by atoms with Crippen molar-refractivity contribution in [3.8, 4) is 10.6 Å². The standard InChI is InChI=1S/C10H7F2NS/c1-6-5-14-10(13-6)7-3-2-4-8(11)9(7)12/h2-5H,1H3. The van der Waals surface area contributed by atoms with Gasteiger partial charge in [0.1, 0.15) is 5.01 Å². The van der Waals surface area contributed by atoms with Crippen molar-refractivity contribution in [2.45, 2.75) is 6.92 Å². The van der Waals surface area contributed by atoms with Gasteiger partial charge in [0.15, 0.2) is 11.6 Å². The molecule has 1 heterocycles. The molecule has 0 saturated heterocycles. The highest BCUT2D eigenvalue weighted by Gasteiger charge is 2.11. The summed E-state index contributed by atoms with van der Waals surface area (Å²) in [6.07, 6.45) is 0. The van der Waals surface area contributed by atoms with Crippen molar-refractivity contribution in [1.82, 2.24) is 4.98 Å². The van der Waals surface area contributed by atoms with Crippen molar-refractivity contribution in [2.24, 2.45) is 0 Å². The highest BCUT2D eigenvalue weighted by Crippen LogP contribution is 2.27. The van der Waals surface area contributed by atoms with Crippen LogP contribution in [0.2, 0.25) is 0 Å². The second kappa shape index (κ2) is 3.46. The van der Waals surface area contributed by atoms with Gasteiger partial charge >= 0.3 is 0 Å². The van der Waals surface area contributed by atoms with Gasteiger partial charge in [0.2, 0.25) is 0 Å². The molecular weight excluding hydrogens is 204 g/mol. The maximum atomic E-state index is 13.3. The lowest BCUT2D eigenvalue weighted by Crippen LogP contribution is -1.88. The summed E-state index contributed by atoms with van der Waals surface area (Å²) in [6.45, 7) is 1.82. The Balaban J connectivity index is 2.57. The van der Waals surface area contributed by atoms with Crippen LogP contribution in [0.15, 0.2) is 23.6 Å². The third-order valence-electron chi connectivity index (χ3n) is 1.80. The normalized spacial score (nSPS) is 10.5. The highest BCUT2D eigenvalue weighted by atomic mass is 32.1. The first-order chi connectivity index (χ1) is 6.68. The first-order valence-corrected chi connectivity index (χ1v) is 4.93. The number of aromatic nitrogens is 1. The van der Waals surface area contributed by atoms with E-state index in [1.807, 2.05) is 6.92 Å². The smallest absolute Gasteiger partial charge is 0.169 e. The van der Waals surface area contributed by atoms with E-state index in [2.05, 4.69) is 4.98 Å². The minimum absolute atomic E-state index is 0.225. The molecule has 2 rings (SSSR count). The molecule has 0 aliphatic carbocycles. The molecule has 0 unspecified atom stereocenters. The Morgan fingerprint density at radius 2 is 2.07 bits per heavy atom. The molecule has 0 radical (unpaired) electrons. The topological polar surface area (TPSA) is 12.9 Å². The van der Waals surface area contributed by atoms with Gasteiger partial charge in [0, 0.05) is 16.6 Å². The molecular formula is C10H7F2NS. The van der Waals surface area contributed by atoms with E-state index >= 15 is 0 Å². The maximum Gasteiger partial charge on any atom is 0.169 e. The average Bonchev–Trinajstić information content (AvgIpc) is 2.57. The first kappa shape index (κ1) is 9.27. The molecule has 0 amide bonds. The van der Waals surface area contributed by atoms with Crippen LogP contribution in [0.5, 0.6) is 0 Å². The van der Waals surface area contributed by atoms with E-state index in [1.54, 1.807) is 5.38 Å². The molecule has 0 N–H and O–H groups in total. The van der Waals surface area contributed by atoms with Crippen LogP contribution >= 0.6 is 11.3 Å². The average molecular weight is 211 g/mol. The zero-order valence-corrected chi connectivity index (χ0v) is 8.24. The Bertz CT molecular complexity index is 465. The molecule has 0 fully saturated rings. The largest absolute Gasteiger partial charge is 0.241 e. The van der Waals surface area contributed by atoms with Crippen molar-refractivity contribution >= 4 is 11.3 Å². The molecule has 1 nitrogen and oxygen atoms in total. The monoisotopic (exact) mass is 211 g/mol. The molecule has 2 aromatic rings. The van der Waals surface area contributed by atoms with E-state index < -0.39 is 11.6 Å². The van der Waals surface area contributed by atoms with Gasteiger partial charge in [0.05, 0.1) is 0 Å². The number of hydrogen-bond donors (Lipinski definition) is 0. The molecule has 72 valence electrons. The quantitative estimate of drug-likeness (QED) is 0.704. The van der Waals surface area contributed by atoms with Gasteiger partial charge in [-0.15, -0.1) is 11.3 Å². The Morgan fingerprint density at radius 3 is 2.71 bits per heavy atom. The van der Waals surface area contributed by atoms with Crippen molar-refractivity contribution in [3.63, 3.8) is 0 Å². The van der Waals surface area contributed by atoms with Gasteiger partial charge in [-0.25, -0.2) is 13.8 Å². The lowest BCUT2D eigenvalue weighted by Gasteiger charge is -1.98. The van der Waals surface area contributed by atoms with Crippen molar-refractivity contribution in [1.29, 1.82) is 0 Å². The van der Waals surface area contributed by atoms with Crippen LogP contribution in [-0.4, -0.2) is 4.98 Å². The molecule has 0 spiro atoms. The van der Waals surface area contributed by atoms with E-state index in [1.165, 1.54) is 23.5 Å². The number of nitrogens with zero attached hydrogens (tertiary/aromatic N) is 1. The molecule has 4 heteroatoms. The van der Waals surface area contributed by atoms with Gasteiger partial charge in [-0.2, -0.15) is 0 Å². The Hall–Kier alpha value is -1.29. The summed E-state index contributed by atoms with van der Waals surface area (Å²) in [4.78, 5) is 4.09. The van der Waals surface area contributed by atoms with E-state index in [-0.39, 0.29) is 5.56 Å². The van der Waals surface area contributed by atoms with E-state index in [0.717, 1.165) is 11.8 Å². The number of aryl methyl sites for hydroxylation is 1. The number of thiazole rings is 1. The maximum absolute atomic E-state index is 13.3. The van der Waals surface area contributed by atoms with Crippen LogP contribution in [0.4, 0.5) is 8.78 Å². The third kappa shape index (κ3) is 1.53. The molecule has 0 saturated carbocycles. The minimum atomic E-state index is -0.838. The predicted octanol–water partition coefficient (Wildman–Crippen LogP) is 3.40. The summed E-state index contributed by atoms with van der Waals surface area (Å²) in [6, 6.07) is 4.10. The van der Waals surface area contributed by atoms with Crippen LogP contribution in [-0.2, 0) is 0 Å². The molecule has 0 bridgehead atoms. The van der Waals surface area contributed by atoms with Crippen LogP contribution in [0.25, 0.3) is 10.6 Å². The summed E-state index contributed by atoms with van der Waals surface area (Å²) in [5.74, 6) is -1.67. The van der Waals surface area contributed by atoms with Gasteiger partial charge < -0.3 is 0 Å². The van der Waals surface area contributed by atoms with Gasteiger partial charge in [-0.05, 0) is 19.1 Å². The number of halogens is 2. The van der Waals surface area contributed by atoms with Crippen molar-refractivity contribution in [3.05, 3.63) is 40.9 Å². The van der Waals surface area contributed by atoms with Gasteiger partial charge in [-0.1, -0.05) is 6.07 Å². The SMILES string of the molecule is Cc1csc(-c2cccc(F)c2F)n1. The molecule has 0 atom stereocenters. The number of hydrogen-bond acceptors (Lipinski definition) is 2. The van der Waals surface area contributed by atoms with Crippen LogP contribution < -0.4 is 0 Å². The minimum Gasteiger partial charge on any atom is -0.241 e. The third-order valence-corrected chi connectivity index (χ3v) is 2.79. The fourth-order valence-corrected chi connectivity index (χ4v) is 1.96. The molecule has 1 aromatic carbocycles. The van der Waals surface area contributed by atoms with Gasteiger partial charge in [-0.3, -0.25) is 0 Å². The fraction of sp³-hybridized carbons (Fsp3) is 0.100. The lowest BCUT2D eigenvalue weighted by atomic mass is 10.2. The highest BCUT2D eigenvalue weighted by molar-refractivity contribution is 7.13. The molecule has 14 heavy (non-hydrogen) atoms. The second-order valence-corrected chi connectivity index (χ2v) is 3.75. The summed E-state index contributed by atoms with van der Waals surface area (Å²) >= 11 is 1.31. The lowest BCUT2D eigenvalue weighted by molar-refractivity contribution is 0.511. The first-order valence-electron chi connectivity index (χ1n) is 4.05. The summed E-state index contributed by atoms with van der Waals surface area (Å²) < 4.78 is 26.2. The van der Waals surface area contributed by atoms with Crippen molar-refractivity contribution in [2.75, 3.05) is 0 Å². The molecule has 0 aliphatic rings. The summed E-state index contributed by atoms with van der Waals surface area (Å²) in [5, 5.41) is 2.32. The Kier molecular flexibility index (Phi) is 2.29. The summed E-state index contributed by atoms with van der Waals surface area (Å²) in [5.41, 5.74) is 1.04. The zero-order valence-electron chi connectivity index (χ0n) is 7.42. The molecule has 0 aliphatic heterocycles. The van der Waals surface area contributed by atoms with Crippen LogP contribution in [0, 0.1) is 18.6 Å². The molecule has 1 aromatic heterocycles. The zero-order chi connectivity index (χ0) is 10.1. The van der Waals surface area contributed by atoms with E-state index in [0.29, 0.717) is 5.01 Å². The second-order valence-electron chi connectivity index (χ2n) is 2.90. The van der Waals surface area contributed by atoms with Crippen LogP contribution in [0.1, 0.15) is 5.69 Å².